The Kier molecular flexibility index (Phi) is 6.52. The molecule has 1 saturated heterocycles. The largest absolute Gasteiger partial charge is 0.381 e. The maximum Gasteiger partial charge on any atom is 0.223 e. The van der Waals surface area contributed by atoms with Gasteiger partial charge in [0.05, 0.1) is 6.61 Å². The molecule has 1 fully saturated rings. The van der Waals surface area contributed by atoms with Gasteiger partial charge in [0.15, 0.2) is 0 Å². The van der Waals surface area contributed by atoms with E-state index in [4.69, 9.17) is 4.74 Å². The van der Waals surface area contributed by atoms with E-state index in [-0.39, 0.29) is 5.91 Å². The minimum Gasteiger partial charge on any atom is -0.381 e. The average Bonchev–Trinajstić information content (AvgIpc) is 2.77. The summed E-state index contributed by atoms with van der Waals surface area (Å²) in [6.07, 6.45) is 1.69. The molecule has 0 spiro atoms. The normalized spacial score (nSPS) is 19.9. The Bertz CT molecular complexity index is 225. The second kappa shape index (κ2) is 7.67. The first-order valence-electron chi connectivity index (χ1n) is 6.72. The molecule has 0 saturated carbocycles. The monoisotopic (exact) mass is 242 g/mol. The molecule has 0 aromatic rings. The van der Waals surface area contributed by atoms with Gasteiger partial charge < -0.3 is 15.0 Å². The smallest absolute Gasteiger partial charge is 0.223 e. The summed E-state index contributed by atoms with van der Waals surface area (Å²) in [5.41, 5.74) is 0. The van der Waals surface area contributed by atoms with Crippen LogP contribution < -0.4 is 5.32 Å². The Morgan fingerprint density at radius 3 is 2.82 bits per heavy atom. The number of hydrogen-bond donors (Lipinski definition) is 1. The van der Waals surface area contributed by atoms with Crippen molar-refractivity contribution >= 4 is 5.91 Å². The molecule has 0 radical (unpaired) electrons. The minimum atomic E-state index is 0.257. The number of hydrogen-bond acceptors (Lipinski definition) is 3. The number of ether oxygens (including phenoxy) is 1. The fraction of sp³-hybridized carbons (Fsp3) is 0.923. The van der Waals surface area contributed by atoms with Crippen LogP contribution in [0.15, 0.2) is 0 Å². The summed E-state index contributed by atoms with van der Waals surface area (Å²) in [4.78, 5) is 13.9. The standard InChI is InChI=1S/C13H26N2O2/c1-4-15(9-12-6-8-17-10-12)13(16)5-7-14-11(2)3/h11-12,14H,4-10H2,1-3H3. The van der Waals surface area contributed by atoms with Crippen molar-refractivity contribution in [2.45, 2.75) is 39.7 Å². The van der Waals surface area contributed by atoms with E-state index in [1.54, 1.807) is 0 Å². The van der Waals surface area contributed by atoms with E-state index >= 15 is 0 Å². The highest BCUT2D eigenvalue weighted by Crippen LogP contribution is 2.14. The second-order valence-electron chi connectivity index (χ2n) is 5.02. The van der Waals surface area contributed by atoms with Crippen molar-refractivity contribution in [3.05, 3.63) is 0 Å². The van der Waals surface area contributed by atoms with E-state index in [0.717, 1.165) is 39.3 Å². The first-order valence-corrected chi connectivity index (χ1v) is 6.72. The highest BCUT2D eigenvalue weighted by molar-refractivity contribution is 5.76. The summed E-state index contributed by atoms with van der Waals surface area (Å²) >= 11 is 0. The zero-order valence-electron chi connectivity index (χ0n) is 11.4. The molecule has 0 bridgehead atoms. The van der Waals surface area contributed by atoms with E-state index in [9.17, 15) is 4.79 Å². The van der Waals surface area contributed by atoms with Gasteiger partial charge in [0, 0.05) is 44.6 Å². The van der Waals surface area contributed by atoms with E-state index in [2.05, 4.69) is 19.2 Å². The first-order chi connectivity index (χ1) is 8.13. The quantitative estimate of drug-likeness (QED) is 0.731. The third kappa shape index (κ3) is 5.50. The molecule has 4 heteroatoms. The molecular weight excluding hydrogens is 216 g/mol. The van der Waals surface area contributed by atoms with Gasteiger partial charge >= 0.3 is 0 Å². The maximum atomic E-state index is 12.0. The number of nitrogens with one attached hydrogen (secondary N) is 1. The molecule has 17 heavy (non-hydrogen) atoms. The van der Waals surface area contributed by atoms with E-state index < -0.39 is 0 Å². The van der Waals surface area contributed by atoms with Gasteiger partial charge in [-0.3, -0.25) is 4.79 Å². The SMILES string of the molecule is CCN(CC1CCOC1)C(=O)CCNC(C)C. The minimum absolute atomic E-state index is 0.257. The highest BCUT2D eigenvalue weighted by Gasteiger charge is 2.21. The van der Waals surface area contributed by atoms with E-state index in [0.29, 0.717) is 18.4 Å². The Labute approximate surface area is 105 Å². The van der Waals surface area contributed by atoms with Crippen molar-refractivity contribution in [1.82, 2.24) is 10.2 Å². The summed E-state index contributed by atoms with van der Waals surface area (Å²) in [7, 11) is 0. The van der Waals surface area contributed by atoms with Gasteiger partial charge in [-0.15, -0.1) is 0 Å². The van der Waals surface area contributed by atoms with Crippen LogP contribution in [0, 0.1) is 5.92 Å². The highest BCUT2D eigenvalue weighted by atomic mass is 16.5. The number of amides is 1. The Hall–Kier alpha value is -0.610. The molecule has 0 aromatic heterocycles. The van der Waals surface area contributed by atoms with Crippen LogP contribution in [0.4, 0.5) is 0 Å². The predicted octanol–water partition coefficient (Wildman–Crippen LogP) is 1.26. The Morgan fingerprint density at radius 2 is 2.29 bits per heavy atom. The summed E-state index contributed by atoms with van der Waals surface area (Å²) in [5.74, 6) is 0.796. The lowest BCUT2D eigenvalue weighted by Gasteiger charge is -2.24. The summed E-state index contributed by atoms with van der Waals surface area (Å²) in [6, 6.07) is 0.445. The molecular formula is C13H26N2O2. The van der Waals surface area contributed by atoms with Crippen LogP contribution in [0.2, 0.25) is 0 Å². The van der Waals surface area contributed by atoms with Crippen LogP contribution in [-0.4, -0.2) is 49.7 Å². The summed E-state index contributed by atoms with van der Waals surface area (Å²) in [6.45, 7) is 10.3. The van der Waals surface area contributed by atoms with Crippen molar-refractivity contribution in [3.8, 4) is 0 Å². The van der Waals surface area contributed by atoms with Gasteiger partial charge in [0.1, 0.15) is 0 Å². The van der Waals surface area contributed by atoms with Crippen LogP contribution in [-0.2, 0) is 9.53 Å². The van der Waals surface area contributed by atoms with Gasteiger partial charge in [-0.05, 0) is 13.3 Å². The lowest BCUT2D eigenvalue weighted by molar-refractivity contribution is -0.131. The van der Waals surface area contributed by atoms with Crippen LogP contribution in [0.1, 0.15) is 33.6 Å². The Balaban J connectivity index is 2.25. The lowest BCUT2D eigenvalue weighted by Crippen LogP contribution is -2.37. The third-order valence-electron chi connectivity index (χ3n) is 3.13. The molecule has 4 nitrogen and oxygen atoms in total. The second-order valence-corrected chi connectivity index (χ2v) is 5.02. The fourth-order valence-electron chi connectivity index (χ4n) is 2.07. The molecule has 1 aliphatic rings. The number of carbonyl (C=O) groups excluding carboxylic acids is 1. The molecule has 100 valence electrons. The zero-order valence-corrected chi connectivity index (χ0v) is 11.4. The molecule has 0 aliphatic carbocycles. The molecule has 1 amide bonds. The topological polar surface area (TPSA) is 41.6 Å². The first kappa shape index (κ1) is 14.5. The van der Waals surface area contributed by atoms with Crippen molar-refractivity contribution in [1.29, 1.82) is 0 Å². The average molecular weight is 242 g/mol. The number of nitrogens with zero attached hydrogens (tertiary/aromatic N) is 1. The summed E-state index contributed by atoms with van der Waals surface area (Å²) < 4.78 is 5.34. The van der Waals surface area contributed by atoms with Gasteiger partial charge in [-0.25, -0.2) is 0 Å². The maximum absolute atomic E-state index is 12.0. The molecule has 1 rings (SSSR count). The van der Waals surface area contributed by atoms with Crippen LogP contribution in [0.3, 0.4) is 0 Å². The van der Waals surface area contributed by atoms with Gasteiger partial charge in [0.25, 0.3) is 0 Å². The number of rotatable bonds is 7. The fourth-order valence-corrected chi connectivity index (χ4v) is 2.07. The van der Waals surface area contributed by atoms with Crippen molar-refractivity contribution < 1.29 is 9.53 Å². The van der Waals surface area contributed by atoms with E-state index in [1.807, 2.05) is 11.8 Å². The van der Waals surface area contributed by atoms with Gasteiger partial charge in [0.2, 0.25) is 5.91 Å². The molecule has 1 N–H and O–H groups in total. The van der Waals surface area contributed by atoms with E-state index in [1.165, 1.54) is 0 Å². The van der Waals surface area contributed by atoms with Crippen molar-refractivity contribution in [3.63, 3.8) is 0 Å². The molecule has 1 heterocycles. The Morgan fingerprint density at radius 1 is 1.53 bits per heavy atom. The summed E-state index contributed by atoms with van der Waals surface area (Å²) in [5, 5.41) is 3.28. The molecule has 1 aliphatic heterocycles. The van der Waals surface area contributed by atoms with Crippen LogP contribution >= 0.6 is 0 Å². The zero-order chi connectivity index (χ0) is 12.7. The molecule has 1 unspecified atom stereocenters. The van der Waals surface area contributed by atoms with Crippen LogP contribution in [0.25, 0.3) is 0 Å². The molecule has 0 aromatic carbocycles. The number of carbonyl (C=O) groups is 1. The van der Waals surface area contributed by atoms with Crippen molar-refractivity contribution in [2.24, 2.45) is 5.92 Å². The lowest BCUT2D eigenvalue weighted by atomic mass is 10.1. The van der Waals surface area contributed by atoms with Crippen LogP contribution in [0.5, 0.6) is 0 Å². The van der Waals surface area contributed by atoms with Gasteiger partial charge in [-0.2, -0.15) is 0 Å². The van der Waals surface area contributed by atoms with Crippen molar-refractivity contribution in [2.75, 3.05) is 32.8 Å². The molecule has 1 atom stereocenters. The van der Waals surface area contributed by atoms with Gasteiger partial charge in [-0.1, -0.05) is 13.8 Å². The predicted molar refractivity (Wildman–Crippen MR) is 68.9 cm³/mol. The third-order valence-corrected chi connectivity index (χ3v) is 3.13.